The van der Waals surface area contributed by atoms with Crippen LogP contribution in [-0.2, 0) is 27.3 Å². The summed E-state index contributed by atoms with van der Waals surface area (Å²) in [6, 6.07) is 0.465. The highest BCUT2D eigenvalue weighted by Crippen LogP contribution is 2.54. The zero-order valence-corrected chi connectivity index (χ0v) is 24.9. The molecule has 44 heavy (non-hydrogen) atoms. The third-order valence-corrected chi connectivity index (χ3v) is 9.62. The van der Waals surface area contributed by atoms with E-state index in [2.05, 4.69) is 0 Å². The van der Waals surface area contributed by atoms with Gasteiger partial charge < -0.3 is 31.1 Å². The second-order valence-electron chi connectivity index (χ2n) is 12.7. The number of hydrogen-bond acceptors (Lipinski definition) is 10. The van der Waals surface area contributed by atoms with Crippen molar-refractivity contribution in [3.63, 3.8) is 0 Å². The molecule has 5 atom stereocenters. The largest absolute Gasteiger partial charge is 0.508 e. The lowest BCUT2D eigenvalue weighted by Gasteiger charge is -2.50. The van der Waals surface area contributed by atoms with E-state index in [0.717, 1.165) is 0 Å². The molecule has 1 saturated carbocycles. The van der Waals surface area contributed by atoms with Gasteiger partial charge in [-0.25, -0.2) is 0 Å². The van der Waals surface area contributed by atoms with Gasteiger partial charge in [-0.05, 0) is 63.9 Å². The van der Waals surface area contributed by atoms with Gasteiger partial charge in [-0.3, -0.25) is 24.2 Å². The summed E-state index contributed by atoms with van der Waals surface area (Å²) >= 11 is 0. The molecule has 1 saturated heterocycles. The van der Waals surface area contributed by atoms with E-state index in [4.69, 9.17) is 5.73 Å². The minimum Gasteiger partial charge on any atom is -0.508 e. The van der Waals surface area contributed by atoms with Crippen LogP contribution in [0.2, 0.25) is 0 Å². The van der Waals surface area contributed by atoms with E-state index in [9.17, 15) is 48.0 Å². The molecule has 5 rings (SSSR count). The van der Waals surface area contributed by atoms with Gasteiger partial charge in [-0.1, -0.05) is 0 Å². The van der Waals surface area contributed by atoms with E-state index in [0.29, 0.717) is 24.2 Å². The van der Waals surface area contributed by atoms with Crippen molar-refractivity contribution >= 4 is 28.9 Å². The molecule has 0 radical (unpaired) electrons. The number of halogens is 3. The fourth-order valence-electron chi connectivity index (χ4n) is 7.57. The van der Waals surface area contributed by atoms with Crippen LogP contribution in [0.3, 0.4) is 0 Å². The highest BCUT2D eigenvalue weighted by Gasteiger charge is 2.64. The van der Waals surface area contributed by atoms with Gasteiger partial charge in [-0.15, -0.1) is 0 Å². The number of primary amides is 1. The number of nitrogens with zero attached hydrogens (tertiary/aromatic N) is 3. The molecule has 1 aromatic carbocycles. The summed E-state index contributed by atoms with van der Waals surface area (Å²) in [6.45, 7) is 0.0810. The third kappa shape index (κ3) is 4.74. The van der Waals surface area contributed by atoms with E-state index in [1.807, 2.05) is 0 Å². The molecule has 1 heterocycles. The molecule has 0 bridgehead atoms. The third-order valence-electron chi connectivity index (χ3n) is 9.62. The number of anilines is 1. The molecule has 2 fully saturated rings. The Labute approximate surface area is 252 Å². The number of alkyl halides is 3. The predicted molar refractivity (Wildman–Crippen MR) is 153 cm³/mol. The number of aliphatic hydroxyl groups is 3. The quantitative estimate of drug-likeness (QED) is 0.306. The fourth-order valence-corrected chi connectivity index (χ4v) is 7.57. The number of aliphatic hydroxyl groups excluding tert-OH is 2. The van der Waals surface area contributed by atoms with Crippen LogP contribution in [0.4, 0.5) is 18.9 Å². The first-order valence-corrected chi connectivity index (χ1v) is 14.4. The maximum absolute atomic E-state index is 14.1. The van der Waals surface area contributed by atoms with Crippen LogP contribution in [0.25, 0.3) is 5.76 Å². The second kappa shape index (κ2) is 10.8. The fraction of sp³-hybridized carbons (Fsp3) is 0.567. The van der Waals surface area contributed by atoms with Crippen molar-refractivity contribution in [3.05, 3.63) is 39.7 Å². The maximum Gasteiger partial charge on any atom is 0.393 e. The lowest BCUT2D eigenvalue weighted by Crippen LogP contribution is -2.65. The molecule has 3 aliphatic carbocycles. The molecular formula is C30H37F3N4O7. The second-order valence-corrected chi connectivity index (χ2v) is 12.7. The molecule has 3 unspecified atom stereocenters. The standard InChI is InChI=1S/C30H37F3N4O7/c1-35(2)18-10-14(11-37-7-5-6-15(12-37)30(31,32)33)23(38)20-16(18)8-13-9-17-22(36(3)4)25(40)21(28(34)43)27(42)29(17,44)26(41)19(13)24(20)39/h10,13,15,17,22,38-39,42,44H,5-9,11-12H2,1-4H3,(H2,34,43)/t13?,15?,17?,22-,29-/m0/s1. The number of amides is 1. The lowest BCUT2D eigenvalue weighted by molar-refractivity contribution is -0.187. The summed E-state index contributed by atoms with van der Waals surface area (Å²) in [7, 11) is 6.51. The minimum absolute atomic E-state index is 0.0123. The summed E-state index contributed by atoms with van der Waals surface area (Å²) < 4.78 is 40.4. The van der Waals surface area contributed by atoms with Gasteiger partial charge in [0, 0.05) is 49.9 Å². The smallest absolute Gasteiger partial charge is 0.393 e. The number of rotatable bonds is 5. The normalized spacial score (nSPS) is 29.5. The van der Waals surface area contributed by atoms with Crippen molar-refractivity contribution in [1.29, 1.82) is 0 Å². The Kier molecular flexibility index (Phi) is 7.78. The Bertz CT molecular complexity index is 1500. The molecule has 6 N–H and O–H groups in total. The molecule has 1 aromatic rings. The number of nitrogens with two attached hydrogens (primary N) is 1. The number of ketones is 2. The van der Waals surface area contributed by atoms with Crippen LogP contribution in [0.15, 0.2) is 23.0 Å². The number of hydrogen-bond donors (Lipinski definition) is 5. The Morgan fingerprint density at radius 3 is 2.39 bits per heavy atom. The van der Waals surface area contributed by atoms with Crippen molar-refractivity contribution in [3.8, 4) is 5.75 Å². The summed E-state index contributed by atoms with van der Waals surface area (Å²) in [5.41, 5.74) is 2.62. The Morgan fingerprint density at radius 1 is 1.16 bits per heavy atom. The van der Waals surface area contributed by atoms with E-state index in [1.165, 1.54) is 19.0 Å². The average Bonchev–Trinajstić information content (AvgIpc) is 2.91. The first-order chi connectivity index (χ1) is 20.4. The highest BCUT2D eigenvalue weighted by molar-refractivity contribution is 6.24. The van der Waals surface area contributed by atoms with Crippen molar-refractivity contribution in [2.24, 2.45) is 23.5 Å². The van der Waals surface area contributed by atoms with Crippen LogP contribution in [0, 0.1) is 17.8 Å². The van der Waals surface area contributed by atoms with Gasteiger partial charge in [-0.2, -0.15) is 13.2 Å². The van der Waals surface area contributed by atoms with Crippen molar-refractivity contribution in [2.45, 2.75) is 50.0 Å². The number of carbonyl (C=O) groups excluding carboxylic acids is 3. The van der Waals surface area contributed by atoms with E-state index >= 15 is 0 Å². The molecule has 4 aliphatic rings. The number of phenols is 1. The van der Waals surface area contributed by atoms with Gasteiger partial charge in [0.05, 0.1) is 17.5 Å². The number of phenolic OH excluding ortho intramolecular Hbond substituents is 1. The molecule has 240 valence electrons. The average molecular weight is 623 g/mol. The van der Waals surface area contributed by atoms with Crippen LogP contribution in [0.5, 0.6) is 5.75 Å². The zero-order valence-electron chi connectivity index (χ0n) is 24.9. The van der Waals surface area contributed by atoms with Crippen molar-refractivity contribution < 1.29 is 48.0 Å². The molecule has 1 aliphatic heterocycles. The Morgan fingerprint density at radius 2 is 1.82 bits per heavy atom. The molecule has 0 spiro atoms. The van der Waals surface area contributed by atoms with Gasteiger partial charge >= 0.3 is 6.18 Å². The van der Waals surface area contributed by atoms with Crippen molar-refractivity contribution in [1.82, 2.24) is 9.80 Å². The van der Waals surface area contributed by atoms with Crippen LogP contribution < -0.4 is 10.6 Å². The number of likely N-dealkylation sites (tertiary alicyclic amines) is 1. The van der Waals surface area contributed by atoms with E-state index < -0.39 is 75.9 Å². The number of piperidine rings is 1. The molecule has 1 amide bonds. The predicted octanol–water partition coefficient (Wildman–Crippen LogP) is 1.80. The van der Waals surface area contributed by atoms with E-state index in [-0.39, 0.29) is 49.1 Å². The lowest BCUT2D eigenvalue weighted by atomic mass is 9.57. The number of carbonyl (C=O) groups is 3. The number of Topliss-reactive ketones (excluding diaryl/α,β-unsaturated/α-hetero) is 2. The van der Waals surface area contributed by atoms with Gasteiger partial charge in [0.1, 0.15) is 22.8 Å². The van der Waals surface area contributed by atoms with Crippen molar-refractivity contribution in [2.75, 3.05) is 46.2 Å². The summed E-state index contributed by atoms with van der Waals surface area (Å²) in [5.74, 6) is -8.96. The van der Waals surface area contributed by atoms with Gasteiger partial charge in [0.2, 0.25) is 5.78 Å². The molecule has 11 nitrogen and oxygen atoms in total. The first-order valence-electron chi connectivity index (χ1n) is 14.4. The number of fused-ring (bicyclic) bond motifs is 3. The maximum atomic E-state index is 14.1. The van der Waals surface area contributed by atoms with Gasteiger partial charge in [0.25, 0.3) is 5.91 Å². The first kappa shape index (κ1) is 31.8. The molecule has 14 heteroatoms. The summed E-state index contributed by atoms with van der Waals surface area (Å²) in [5, 5.41) is 45.9. The topological polar surface area (TPSA) is 168 Å². The van der Waals surface area contributed by atoms with Crippen LogP contribution in [0.1, 0.15) is 36.0 Å². The Balaban J connectivity index is 1.64. The molecule has 0 aromatic heterocycles. The van der Waals surface area contributed by atoms with Crippen LogP contribution >= 0.6 is 0 Å². The van der Waals surface area contributed by atoms with Gasteiger partial charge in [0.15, 0.2) is 11.4 Å². The van der Waals surface area contributed by atoms with Crippen LogP contribution in [-0.4, -0.2) is 107 Å². The monoisotopic (exact) mass is 622 g/mol. The number of aromatic hydroxyl groups is 1. The summed E-state index contributed by atoms with van der Waals surface area (Å²) in [6.07, 6.45) is -3.96. The highest BCUT2D eigenvalue weighted by atomic mass is 19.4. The van der Waals surface area contributed by atoms with E-state index in [1.54, 1.807) is 30.0 Å². The SMILES string of the molecule is CN(C)c1cc(CN2CCCC(C(F)(F)F)C2)c(O)c2c1CC1CC3[C@H](N(C)C)C(=O)C(C(N)=O)=C(O)[C@@]3(O)C(=O)C1=C2O. The summed E-state index contributed by atoms with van der Waals surface area (Å²) in [4.78, 5) is 44.3. The molecular weight excluding hydrogens is 585 g/mol. The Hall–Kier alpha value is -3.62. The number of likely N-dealkylation sites (N-methyl/N-ethyl adjacent to an activating group) is 1. The minimum atomic E-state index is -4.35. The number of benzene rings is 1. The zero-order chi connectivity index (χ0) is 32.6.